The lowest BCUT2D eigenvalue weighted by Gasteiger charge is -2.16. The third-order valence-corrected chi connectivity index (χ3v) is 2.97. The number of likely N-dealkylation sites (tertiary alicyclic amines) is 1. The Kier molecular flexibility index (Phi) is 3.40. The molecule has 1 aromatic rings. The van der Waals surface area contributed by atoms with Crippen LogP contribution in [0.25, 0.3) is 0 Å². The first-order valence-corrected chi connectivity index (χ1v) is 5.59. The molecule has 0 amide bonds. The van der Waals surface area contributed by atoms with E-state index in [1.54, 1.807) is 6.07 Å². The van der Waals surface area contributed by atoms with Gasteiger partial charge in [-0.25, -0.2) is 0 Å². The fourth-order valence-electron chi connectivity index (χ4n) is 2.11. The fraction of sp³-hybridized carbons (Fsp3) is 0.500. The zero-order chi connectivity index (χ0) is 12.5. The van der Waals surface area contributed by atoms with Gasteiger partial charge in [0.15, 0.2) is 0 Å². The molecule has 1 aromatic carbocycles. The van der Waals surface area contributed by atoms with E-state index in [2.05, 4.69) is 4.90 Å². The van der Waals surface area contributed by atoms with Gasteiger partial charge in [-0.15, -0.1) is 0 Å². The minimum Gasteiger partial charge on any atom is -0.326 e. The Morgan fingerprint density at radius 2 is 2.12 bits per heavy atom. The summed E-state index contributed by atoms with van der Waals surface area (Å²) in [6.07, 6.45) is -3.35. The van der Waals surface area contributed by atoms with Crippen molar-refractivity contribution in [2.24, 2.45) is 5.73 Å². The molecule has 1 saturated heterocycles. The Bertz CT molecular complexity index is 390. The van der Waals surface area contributed by atoms with Gasteiger partial charge >= 0.3 is 6.18 Å². The van der Waals surface area contributed by atoms with Crippen molar-refractivity contribution in [1.29, 1.82) is 0 Å². The van der Waals surface area contributed by atoms with Crippen LogP contribution in [0.1, 0.15) is 17.5 Å². The van der Waals surface area contributed by atoms with Gasteiger partial charge in [0.2, 0.25) is 0 Å². The van der Waals surface area contributed by atoms with Crippen LogP contribution in [-0.2, 0) is 12.7 Å². The summed E-state index contributed by atoms with van der Waals surface area (Å²) in [6.45, 7) is 2.16. The van der Waals surface area contributed by atoms with E-state index < -0.39 is 11.7 Å². The molecule has 0 radical (unpaired) electrons. The molecule has 2 N–H and O–H groups in total. The van der Waals surface area contributed by atoms with Crippen molar-refractivity contribution in [2.75, 3.05) is 13.1 Å². The molecule has 0 aromatic heterocycles. The molecule has 1 atom stereocenters. The molecule has 0 bridgehead atoms. The third kappa shape index (κ3) is 3.20. The second kappa shape index (κ2) is 4.66. The average molecular weight is 244 g/mol. The van der Waals surface area contributed by atoms with E-state index in [0.29, 0.717) is 12.1 Å². The summed E-state index contributed by atoms with van der Waals surface area (Å²) < 4.78 is 37.5. The van der Waals surface area contributed by atoms with Crippen LogP contribution in [0.15, 0.2) is 24.3 Å². The Morgan fingerprint density at radius 1 is 1.35 bits per heavy atom. The highest BCUT2D eigenvalue weighted by molar-refractivity contribution is 5.25. The van der Waals surface area contributed by atoms with Gasteiger partial charge in [0.05, 0.1) is 5.56 Å². The number of hydrogen-bond acceptors (Lipinski definition) is 2. The van der Waals surface area contributed by atoms with Gasteiger partial charge in [-0.3, -0.25) is 4.90 Å². The molecule has 0 spiro atoms. The van der Waals surface area contributed by atoms with Crippen molar-refractivity contribution in [3.05, 3.63) is 35.4 Å². The first-order chi connectivity index (χ1) is 7.95. The highest BCUT2D eigenvalue weighted by Gasteiger charge is 2.30. The summed E-state index contributed by atoms with van der Waals surface area (Å²) >= 11 is 0. The van der Waals surface area contributed by atoms with E-state index in [9.17, 15) is 13.2 Å². The Hall–Kier alpha value is -1.07. The normalized spacial score (nSPS) is 22.0. The van der Waals surface area contributed by atoms with E-state index in [4.69, 9.17) is 5.73 Å². The number of alkyl halides is 3. The summed E-state index contributed by atoms with van der Waals surface area (Å²) in [7, 11) is 0. The van der Waals surface area contributed by atoms with Gasteiger partial charge in [0.1, 0.15) is 0 Å². The van der Waals surface area contributed by atoms with Gasteiger partial charge in [0.25, 0.3) is 0 Å². The molecular weight excluding hydrogens is 229 g/mol. The van der Waals surface area contributed by atoms with E-state index in [1.165, 1.54) is 12.1 Å². The van der Waals surface area contributed by atoms with Gasteiger partial charge < -0.3 is 5.73 Å². The fourth-order valence-corrected chi connectivity index (χ4v) is 2.11. The molecule has 0 aliphatic carbocycles. The number of halogens is 3. The van der Waals surface area contributed by atoms with Crippen LogP contribution < -0.4 is 5.73 Å². The van der Waals surface area contributed by atoms with Crippen molar-refractivity contribution in [1.82, 2.24) is 4.90 Å². The van der Waals surface area contributed by atoms with Crippen molar-refractivity contribution < 1.29 is 13.2 Å². The quantitative estimate of drug-likeness (QED) is 0.864. The van der Waals surface area contributed by atoms with Crippen molar-refractivity contribution >= 4 is 0 Å². The van der Waals surface area contributed by atoms with E-state index >= 15 is 0 Å². The summed E-state index contributed by atoms with van der Waals surface area (Å²) in [5, 5.41) is 0. The predicted molar refractivity (Wildman–Crippen MR) is 59.3 cm³/mol. The molecular formula is C12H15F3N2. The highest BCUT2D eigenvalue weighted by atomic mass is 19.4. The number of nitrogens with zero attached hydrogens (tertiary/aromatic N) is 1. The predicted octanol–water partition coefficient (Wildman–Crippen LogP) is 2.24. The lowest BCUT2D eigenvalue weighted by molar-refractivity contribution is -0.137. The lowest BCUT2D eigenvalue weighted by Crippen LogP contribution is -2.26. The van der Waals surface area contributed by atoms with Crippen LogP contribution in [0.2, 0.25) is 0 Å². The molecule has 1 aliphatic rings. The summed E-state index contributed by atoms with van der Waals surface area (Å²) in [6, 6.07) is 5.64. The molecule has 1 aliphatic heterocycles. The molecule has 94 valence electrons. The average Bonchev–Trinajstić information content (AvgIpc) is 2.63. The third-order valence-electron chi connectivity index (χ3n) is 2.97. The van der Waals surface area contributed by atoms with E-state index in [0.717, 1.165) is 25.6 Å². The first-order valence-electron chi connectivity index (χ1n) is 5.59. The largest absolute Gasteiger partial charge is 0.416 e. The number of benzene rings is 1. The summed E-state index contributed by atoms with van der Waals surface area (Å²) in [4.78, 5) is 2.08. The highest BCUT2D eigenvalue weighted by Crippen LogP contribution is 2.29. The van der Waals surface area contributed by atoms with Gasteiger partial charge in [-0.2, -0.15) is 13.2 Å². The van der Waals surface area contributed by atoms with E-state index in [-0.39, 0.29) is 6.04 Å². The number of hydrogen-bond donors (Lipinski definition) is 1. The standard InChI is InChI=1S/C12H15F3N2/c13-12(14,15)10-3-1-2-9(6-10)7-17-5-4-11(16)8-17/h1-3,6,11H,4-5,7-8,16H2/t11-/m1/s1. The SMILES string of the molecule is N[C@@H]1CCN(Cc2cccc(C(F)(F)F)c2)C1. The Labute approximate surface area is 98.2 Å². The number of rotatable bonds is 2. The van der Waals surface area contributed by atoms with Gasteiger partial charge in [-0.05, 0) is 18.1 Å². The monoisotopic (exact) mass is 244 g/mol. The van der Waals surface area contributed by atoms with Gasteiger partial charge in [0, 0.05) is 25.7 Å². The number of nitrogens with two attached hydrogens (primary N) is 1. The molecule has 17 heavy (non-hydrogen) atoms. The van der Waals surface area contributed by atoms with Crippen molar-refractivity contribution in [3.63, 3.8) is 0 Å². The van der Waals surface area contributed by atoms with Crippen LogP contribution in [0, 0.1) is 0 Å². The van der Waals surface area contributed by atoms with Crippen LogP contribution in [0.4, 0.5) is 13.2 Å². The maximum Gasteiger partial charge on any atom is 0.416 e. The summed E-state index contributed by atoms with van der Waals surface area (Å²) in [5.41, 5.74) is 5.86. The molecule has 2 rings (SSSR count). The molecule has 1 fully saturated rings. The van der Waals surface area contributed by atoms with Crippen LogP contribution in [0.3, 0.4) is 0 Å². The zero-order valence-corrected chi connectivity index (χ0v) is 9.37. The topological polar surface area (TPSA) is 29.3 Å². The van der Waals surface area contributed by atoms with E-state index in [1.807, 2.05) is 0 Å². The molecule has 1 heterocycles. The maximum atomic E-state index is 12.5. The summed E-state index contributed by atoms with van der Waals surface area (Å²) in [5.74, 6) is 0. The van der Waals surface area contributed by atoms with Crippen LogP contribution in [-0.4, -0.2) is 24.0 Å². The molecule has 2 nitrogen and oxygen atoms in total. The second-order valence-electron chi connectivity index (χ2n) is 4.48. The van der Waals surface area contributed by atoms with Gasteiger partial charge in [-0.1, -0.05) is 18.2 Å². The van der Waals surface area contributed by atoms with Crippen molar-refractivity contribution in [2.45, 2.75) is 25.2 Å². The minimum absolute atomic E-state index is 0.154. The van der Waals surface area contributed by atoms with Crippen molar-refractivity contribution in [3.8, 4) is 0 Å². The molecule has 5 heteroatoms. The zero-order valence-electron chi connectivity index (χ0n) is 9.37. The molecule has 0 saturated carbocycles. The van der Waals surface area contributed by atoms with Crippen LogP contribution in [0.5, 0.6) is 0 Å². The lowest BCUT2D eigenvalue weighted by atomic mass is 10.1. The van der Waals surface area contributed by atoms with Crippen LogP contribution >= 0.6 is 0 Å². The first kappa shape index (κ1) is 12.4. The second-order valence-corrected chi connectivity index (χ2v) is 4.48. The Balaban J connectivity index is 2.06. The smallest absolute Gasteiger partial charge is 0.326 e. The minimum atomic E-state index is -4.27. The molecule has 0 unspecified atom stereocenters. The maximum absolute atomic E-state index is 12.5. The Morgan fingerprint density at radius 3 is 2.71 bits per heavy atom.